The third-order valence-electron chi connectivity index (χ3n) is 8.51. The molecular formula is C38H26. The molecule has 0 bridgehead atoms. The van der Waals surface area contributed by atoms with E-state index in [4.69, 9.17) is 0 Å². The zero-order valence-corrected chi connectivity index (χ0v) is 21.3. The fourth-order valence-corrected chi connectivity index (χ4v) is 6.97. The van der Waals surface area contributed by atoms with Gasteiger partial charge in [0, 0.05) is 0 Å². The Morgan fingerprint density at radius 3 is 1.87 bits per heavy atom. The molecule has 1 aliphatic carbocycles. The Labute approximate surface area is 222 Å². The van der Waals surface area contributed by atoms with Crippen LogP contribution in [0.15, 0.2) is 140 Å². The minimum absolute atomic E-state index is 0.410. The van der Waals surface area contributed by atoms with Gasteiger partial charge in [0.05, 0.1) is 5.41 Å². The van der Waals surface area contributed by atoms with Crippen molar-refractivity contribution in [3.63, 3.8) is 0 Å². The van der Waals surface area contributed by atoms with Crippen LogP contribution in [0.25, 0.3) is 43.4 Å². The molecule has 0 aromatic heterocycles. The van der Waals surface area contributed by atoms with Crippen molar-refractivity contribution in [2.45, 2.75) is 12.3 Å². The van der Waals surface area contributed by atoms with E-state index in [0.29, 0.717) is 0 Å². The lowest BCUT2D eigenvalue weighted by molar-refractivity contribution is 0.750. The summed E-state index contributed by atoms with van der Waals surface area (Å²) in [6, 6.07) is 52.0. The first-order valence-electron chi connectivity index (χ1n) is 13.4. The maximum atomic E-state index is 2.41. The van der Waals surface area contributed by atoms with Crippen molar-refractivity contribution in [1.29, 1.82) is 0 Å². The number of hydrogen-bond acceptors (Lipinski definition) is 0. The lowest BCUT2D eigenvalue weighted by Gasteiger charge is -2.42. The molecule has 0 saturated heterocycles. The minimum Gasteiger partial charge on any atom is -0.0622 e. The van der Waals surface area contributed by atoms with Crippen LogP contribution in [-0.2, 0) is 5.41 Å². The van der Waals surface area contributed by atoms with E-state index in [1.54, 1.807) is 0 Å². The van der Waals surface area contributed by atoms with E-state index in [1.165, 1.54) is 71.3 Å². The number of fused-ring (bicyclic) bond motifs is 5. The van der Waals surface area contributed by atoms with Gasteiger partial charge in [-0.05, 0) is 90.8 Å². The Bertz CT molecular complexity index is 1970. The fraction of sp³-hybridized carbons (Fsp3) is 0.0526. The second-order valence-electron chi connectivity index (χ2n) is 10.6. The molecule has 38 heavy (non-hydrogen) atoms. The van der Waals surface area contributed by atoms with Gasteiger partial charge in [-0.1, -0.05) is 127 Å². The predicted octanol–water partition coefficient (Wildman–Crippen LogP) is 9.82. The summed E-state index contributed by atoms with van der Waals surface area (Å²) in [5, 5.41) is 7.86. The molecule has 7 aromatic carbocycles. The maximum Gasteiger partial charge on any atom is 0.0713 e. The fourth-order valence-electron chi connectivity index (χ4n) is 6.97. The van der Waals surface area contributed by atoms with Crippen LogP contribution in [-0.4, -0.2) is 0 Å². The molecule has 8 rings (SSSR count). The van der Waals surface area contributed by atoms with Crippen LogP contribution >= 0.6 is 0 Å². The topological polar surface area (TPSA) is 0 Å². The van der Waals surface area contributed by atoms with Crippen LogP contribution in [0, 0.1) is 6.92 Å². The molecule has 0 N–H and O–H groups in total. The van der Waals surface area contributed by atoms with Gasteiger partial charge in [0.15, 0.2) is 0 Å². The Kier molecular flexibility index (Phi) is 4.46. The van der Waals surface area contributed by atoms with Gasteiger partial charge in [-0.25, -0.2) is 0 Å². The second-order valence-corrected chi connectivity index (χ2v) is 10.6. The Morgan fingerprint density at radius 2 is 1.11 bits per heavy atom. The van der Waals surface area contributed by atoms with Crippen molar-refractivity contribution in [3.05, 3.63) is 167 Å². The van der Waals surface area contributed by atoms with Crippen LogP contribution in [0.4, 0.5) is 0 Å². The van der Waals surface area contributed by atoms with Gasteiger partial charge in [0.25, 0.3) is 0 Å². The Hall–Kier alpha value is -4.68. The van der Waals surface area contributed by atoms with Crippen molar-refractivity contribution in [2.75, 3.05) is 0 Å². The third-order valence-corrected chi connectivity index (χ3v) is 8.51. The summed E-state index contributed by atoms with van der Waals surface area (Å²) < 4.78 is 0. The molecule has 0 atom stereocenters. The van der Waals surface area contributed by atoms with E-state index in [9.17, 15) is 0 Å². The summed E-state index contributed by atoms with van der Waals surface area (Å²) in [6.07, 6.45) is 0. The number of aryl methyl sites for hydroxylation is 1. The first-order valence-corrected chi connectivity index (χ1v) is 13.4. The zero-order valence-electron chi connectivity index (χ0n) is 21.3. The van der Waals surface area contributed by atoms with Gasteiger partial charge in [-0.2, -0.15) is 0 Å². The Balaban J connectivity index is 1.63. The van der Waals surface area contributed by atoms with E-state index in [2.05, 4.69) is 146 Å². The molecule has 1 aliphatic rings. The van der Waals surface area contributed by atoms with Crippen molar-refractivity contribution in [2.24, 2.45) is 0 Å². The Morgan fingerprint density at radius 1 is 0.447 bits per heavy atom. The van der Waals surface area contributed by atoms with E-state index < -0.39 is 5.41 Å². The molecule has 7 aromatic rings. The van der Waals surface area contributed by atoms with E-state index in [-0.39, 0.29) is 0 Å². The monoisotopic (exact) mass is 482 g/mol. The van der Waals surface area contributed by atoms with Crippen LogP contribution in [0.2, 0.25) is 0 Å². The average Bonchev–Trinajstić information content (AvgIpc) is 2.97. The van der Waals surface area contributed by atoms with Crippen LogP contribution < -0.4 is 0 Å². The van der Waals surface area contributed by atoms with Crippen molar-refractivity contribution in [3.8, 4) is 11.1 Å². The van der Waals surface area contributed by atoms with Crippen molar-refractivity contribution in [1.82, 2.24) is 0 Å². The molecule has 0 saturated carbocycles. The van der Waals surface area contributed by atoms with Gasteiger partial charge in [-0.3, -0.25) is 0 Å². The smallest absolute Gasteiger partial charge is 0.0622 e. The molecule has 0 fully saturated rings. The highest BCUT2D eigenvalue weighted by Crippen LogP contribution is 2.56. The normalized spacial score (nSPS) is 13.6. The molecule has 0 heteroatoms. The van der Waals surface area contributed by atoms with Crippen molar-refractivity contribution >= 4 is 32.3 Å². The second kappa shape index (κ2) is 7.91. The number of hydrogen-bond donors (Lipinski definition) is 0. The standard InChI is InChI=1S/C38H26/c1-25-19-20-26-22-29-23-27-11-10-18-35-36(27)37(33(29)24-28(26)21-25)32-16-8-9-17-34(32)38(35,30-12-4-2-5-13-30)31-14-6-3-7-15-31/h2-24H,1H3. The van der Waals surface area contributed by atoms with Gasteiger partial charge >= 0.3 is 0 Å². The molecule has 0 nitrogen and oxygen atoms in total. The number of benzene rings is 7. The van der Waals surface area contributed by atoms with Gasteiger partial charge in [0.1, 0.15) is 0 Å². The summed E-state index contributed by atoms with van der Waals surface area (Å²) in [7, 11) is 0. The van der Waals surface area contributed by atoms with E-state index in [1.807, 2.05) is 0 Å². The largest absolute Gasteiger partial charge is 0.0713 e. The highest BCUT2D eigenvalue weighted by molar-refractivity contribution is 6.19. The summed E-state index contributed by atoms with van der Waals surface area (Å²) in [4.78, 5) is 0. The molecule has 0 amide bonds. The lowest BCUT2D eigenvalue weighted by Crippen LogP contribution is -2.33. The summed E-state index contributed by atoms with van der Waals surface area (Å²) in [5.74, 6) is 0. The third kappa shape index (κ3) is 2.80. The quantitative estimate of drug-likeness (QED) is 0.215. The molecule has 0 spiro atoms. The van der Waals surface area contributed by atoms with Gasteiger partial charge < -0.3 is 0 Å². The first kappa shape index (κ1) is 21.4. The highest BCUT2D eigenvalue weighted by Gasteiger charge is 2.44. The molecule has 178 valence electrons. The molecular weight excluding hydrogens is 456 g/mol. The SMILES string of the molecule is Cc1ccc2cc3cc4cccc5c4c(c3cc2c1)-c1ccccc1C5(c1ccccc1)c1ccccc1. The summed E-state index contributed by atoms with van der Waals surface area (Å²) in [6.45, 7) is 2.18. The zero-order chi connectivity index (χ0) is 25.3. The molecule has 0 unspecified atom stereocenters. The highest BCUT2D eigenvalue weighted by atomic mass is 14.4. The number of rotatable bonds is 2. The average molecular weight is 483 g/mol. The van der Waals surface area contributed by atoms with Crippen LogP contribution in [0.5, 0.6) is 0 Å². The van der Waals surface area contributed by atoms with E-state index >= 15 is 0 Å². The van der Waals surface area contributed by atoms with E-state index in [0.717, 1.165) is 0 Å². The van der Waals surface area contributed by atoms with Crippen LogP contribution in [0.1, 0.15) is 27.8 Å². The van der Waals surface area contributed by atoms with Gasteiger partial charge in [0.2, 0.25) is 0 Å². The minimum atomic E-state index is -0.410. The molecule has 0 heterocycles. The summed E-state index contributed by atoms with van der Waals surface area (Å²) in [5.41, 5.74) is 8.85. The van der Waals surface area contributed by atoms with Crippen molar-refractivity contribution < 1.29 is 0 Å². The predicted molar refractivity (Wildman–Crippen MR) is 161 cm³/mol. The van der Waals surface area contributed by atoms with Gasteiger partial charge in [-0.15, -0.1) is 0 Å². The summed E-state index contributed by atoms with van der Waals surface area (Å²) >= 11 is 0. The molecule has 0 radical (unpaired) electrons. The first-order chi connectivity index (χ1) is 18.7. The molecule has 0 aliphatic heterocycles. The maximum absolute atomic E-state index is 2.41. The van der Waals surface area contributed by atoms with Crippen LogP contribution in [0.3, 0.4) is 0 Å². The lowest BCUT2D eigenvalue weighted by atomic mass is 9.59.